The van der Waals surface area contributed by atoms with Crippen LogP contribution in [-0.2, 0) is 24.2 Å². The van der Waals surface area contributed by atoms with Crippen molar-refractivity contribution in [3.63, 3.8) is 0 Å². The van der Waals surface area contributed by atoms with Gasteiger partial charge in [0.15, 0.2) is 0 Å². The Labute approximate surface area is 94.5 Å². The third kappa shape index (κ3) is 2.59. The molecule has 1 heterocycles. The van der Waals surface area contributed by atoms with Crippen molar-refractivity contribution in [3.05, 3.63) is 11.4 Å². The molecule has 5 nitrogen and oxygen atoms in total. The predicted molar refractivity (Wildman–Crippen MR) is 58.1 cm³/mol. The lowest BCUT2D eigenvalue weighted by atomic mass is 10.2. The Morgan fingerprint density at radius 2 is 2.31 bits per heavy atom. The van der Waals surface area contributed by atoms with Gasteiger partial charge in [0.05, 0.1) is 17.8 Å². The molecule has 0 bridgehead atoms. The Morgan fingerprint density at radius 3 is 2.88 bits per heavy atom. The van der Waals surface area contributed by atoms with Gasteiger partial charge in [-0.15, -0.1) is 5.10 Å². The van der Waals surface area contributed by atoms with E-state index in [4.69, 9.17) is 5.11 Å². The molecule has 5 heteroatoms. The van der Waals surface area contributed by atoms with E-state index in [1.165, 1.54) is 12.8 Å². The fourth-order valence-corrected chi connectivity index (χ4v) is 1.93. The van der Waals surface area contributed by atoms with Crippen LogP contribution in [0.2, 0.25) is 0 Å². The standard InChI is InChI=1S/C11H17N3O2/c1-2-10-9(7-11(15)16)12-13-14(10)6-5-8-3-4-8/h8H,2-7H2,1H3,(H,15,16). The molecule has 1 saturated carbocycles. The van der Waals surface area contributed by atoms with Crippen molar-refractivity contribution in [3.8, 4) is 0 Å². The van der Waals surface area contributed by atoms with Crippen LogP contribution >= 0.6 is 0 Å². The first-order chi connectivity index (χ1) is 7.70. The van der Waals surface area contributed by atoms with Crippen molar-refractivity contribution in [2.75, 3.05) is 0 Å². The van der Waals surface area contributed by atoms with Gasteiger partial charge >= 0.3 is 5.97 Å². The van der Waals surface area contributed by atoms with E-state index in [2.05, 4.69) is 10.3 Å². The molecule has 0 unspecified atom stereocenters. The topological polar surface area (TPSA) is 68.0 Å². The molecule has 0 atom stereocenters. The van der Waals surface area contributed by atoms with Crippen LogP contribution in [0.25, 0.3) is 0 Å². The Kier molecular flexibility index (Phi) is 3.22. The van der Waals surface area contributed by atoms with Crippen molar-refractivity contribution in [1.82, 2.24) is 15.0 Å². The highest BCUT2D eigenvalue weighted by Crippen LogP contribution is 2.32. The van der Waals surface area contributed by atoms with E-state index in [0.29, 0.717) is 5.69 Å². The summed E-state index contributed by atoms with van der Waals surface area (Å²) in [5.41, 5.74) is 1.59. The second-order valence-electron chi connectivity index (χ2n) is 4.36. The number of aliphatic carboxylic acids is 1. The van der Waals surface area contributed by atoms with E-state index in [1.807, 2.05) is 11.6 Å². The molecule has 0 saturated heterocycles. The van der Waals surface area contributed by atoms with Crippen LogP contribution in [0, 0.1) is 5.92 Å². The number of rotatable bonds is 6. The summed E-state index contributed by atoms with van der Waals surface area (Å²) in [6, 6.07) is 0. The van der Waals surface area contributed by atoms with Gasteiger partial charge in [-0.1, -0.05) is 25.0 Å². The summed E-state index contributed by atoms with van der Waals surface area (Å²) in [6.45, 7) is 2.89. The van der Waals surface area contributed by atoms with E-state index >= 15 is 0 Å². The summed E-state index contributed by atoms with van der Waals surface area (Å²) in [5.74, 6) is 0.0146. The predicted octanol–water partition coefficient (Wildman–Crippen LogP) is 1.27. The molecule has 0 spiro atoms. The Bertz CT molecular complexity index is 383. The van der Waals surface area contributed by atoms with Crippen LogP contribution in [-0.4, -0.2) is 26.1 Å². The largest absolute Gasteiger partial charge is 0.481 e. The van der Waals surface area contributed by atoms with E-state index in [9.17, 15) is 4.79 Å². The summed E-state index contributed by atoms with van der Waals surface area (Å²) < 4.78 is 1.87. The highest BCUT2D eigenvalue weighted by atomic mass is 16.4. The molecule has 1 fully saturated rings. The number of hydrogen-bond donors (Lipinski definition) is 1. The number of aryl methyl sites for hydroxylation is 1. The molecule has 1 aliphatic rings. The molecular weight excluding hydrogens is 206 g/mol. The number of carboxylic acid groups (broad SMARTS) is 1. The minimum atomic E-state index is -0.844. The maximum absolute atomic E-state index is 10.6. The smallest absolute Gasteiger partial charge is 0.309 e. The quantitative estimate of drug-likeness (QED) is 0.788. The Hall–Kier alpha value is -1.39. The average molecular weight is 223 g/mol. The first-order valence-corrected chi connectivity index (χ1v) is 5.83. The molecule has 0 aliphatic heterocycles. The van der Waals surface area contributed by atoms with Gasteiger partial charge in [0.1, 0.15) is 0 Å². The molecule has 1 aromatic rings. The number of carbonyl (C=O) groups is 1. The second-order valence-corrected chi connectivity index (χ2v) is 4.36. The summed E-state index contributed by atoms with van der Waals surface area (Å²) in [4.78, 5) is 10.6. The van der Waals surface area contributed by atoms with Crippen LogP contribution in [0.4, 0.5) is 0 Å². The van der Waals surface area contributed by atoms with E-state index in [1.54, 1.807) is 0 Å². The molecule has 16 heavy (non-hydrogen) atoms. The molecule has 2 rings (SSSR count). The fourth-order valence-electron chi connectivity index (χ4n) is 1.93. The Morgan fingerprint density at radius 1 is 1.56 bits per heavy atom. The monoisotopic (exact) mass is 223 g/mol. The molecule has 88 valence electrons. The van der Waals surface area contributed by atoms with Crippen molar-refractivity contribution in [1.29, 1.82) is 0 Å². The molecular formula is C11H17N3O2. The van der Waals surface area contributed by atoms with Crippen molar-refractivity contribution in [2.45, 2.75) is 45.6 Å². The van der Waals surface area contributed by atoms with Crippen molar-refractivity contribution >= 4 is 5.97 Å². The first kappa shape index (κ1) is 11.1. The third-order valence-corrected chi connectivity index (χ3v) is 3.02. The molecule has 1 aliphatic carbocycles. The second kappa shape index (κ2) is 4.63. The average Bonchev–Trinajstić information content (AvgIpc) is 2.98. The summed E-state index contributed by atoms with van der Waals surface area (Å²) in [6.07, 6.45) is 4.58. The zero-order valence-electron chi connectivity index (χ0n) is 9.52. The molecule has 1 N–H and O–H groups in total. The van der Waals surface area contributed by atoms with Gasteiger partial charge in [-0.25, -0.2) is 4.68 Å². The van der Waals surface area contributed by atoms with Crippen LogP contribution in [0.15, 0.2) is 0 Å². The minimum absolute atomic E-state index is 0.0212. The normalized spacial score (nSPS) is 15.3. The molecule has 0 amide bonds. The van der Waals surface area contributed by atoms with Gasteiger partial charge in [0, 0.05) is 6.54 Å². The van der Waals surface area contributed by atoms with Gasteiger partial charge in [-0.05, 0) is 18.8 Å². The van der Waals surface area contributed by atoms with E-state index in [0.717, 1.165) is 31.0 Å². The highest BCUT2D eigenvalue weighted by molar-refractivity contribution is 5.69. The summed E-state index contributed by atoms with van der Waals surface area (Å²) in [5, 5.41) is 16.7. The van der Waals surface area contributed by atoms with Crippen LogP contribution in [0.1, 0.15) is 37.6 Å². The van der Waals surface area contributed by atoms with Gasteiger partial charge in [0.2, 0.25) is 0 Å². The lowest BCUT2D eigenvalue weighted by molar-refractivity contribution is -0.136. The highest BCUT2D eigenvalue weighted by Gasteiger charge is 2.22. The fraction of sp³-hybridized carbons (Fsp3) is 0.727. The van der Waals surface area contributed by atoms with E-state index in [-0.39, 0.29) is 6.42 Å². The number of carboxylic acids is 1. The van der Waals surface area contributed by atoms with Gasteiger partial charge < -0.3 is 5.11 Å². The minimum Gasteiger partial charge on any atom is -0.481 e. The molecule has 0 aromatic carbocycles. The van der Waals surface area contributed by atoms with Gasteiger partial charge in [-0.2, -0.15) is 0 Å². The zero-order valence-corrected chi connectivity index (χ0v) is 9.52. The molecule has 0 radical (unpaired) electrons. The van der Waals surface area contributed by atoms with Gasteiger partial charge in [0.25, 0.3) is 0 Å². The Balaban J connectivity index is 2.04. The maximum Gasteiger partial charge on any atom is 0.309 e. The third-order valence-electron chi connectivity index (χ3n) is 3.02. The SMILES string of the molecule is CCc1c(CC(=O)O)nnn1CCC1CC1. The summed E-state index contributed by atoms with van der Waals surface area (Å²) >= 11 is 0. The van der Waals surface area contributed by atoms with Crippen molar-refractivity contribution < 1.29 is 9.90 Å². The van der Waals surface area contributed by atoms with Crippen LogP contribution < -0.4 is 0 Å². The van der Waals surface area contributed by atoms with Crippen molar-refractivity contribution in [2.24, 2.45) is 5.92 Å². The lowest BCUT2D eigenvalue weighted by Gasteiger charge is -2.04. The maximum atomic E-state index is 10.6. The van der Waals surface area contributed by atoms with Crippen LogP contribution in [0.5, 0.6) is 0 Å². The first-order valence-electron chi connectivity index (χ1n) is 5.83. The number of nitrogens with zero attached hydrogens (tertiary/aromatic N) is 3. The molecule has 1 aromatic heterocycles. The number of hydrogen-bond acceptors (Lipinski definition) is 3. The zero-order chi connectivity index (χ0) is 11.5. The lowest BCUT2D eigenvalue weighted by Crippen LogP contribution is -2.08. The van der Waals surface area contributed by atoms with Gasteiger partial charge in [-0.3, -0.25) is 4.79 Å². The summed E-state index contributed by atoms with van der Waals surface area (Å²) in [7, 11) is 0. The number of aromatic nitrogens is 3. The van der Waals surface area contributed by atoms with E-state index < -0.39 is 5.97 Å². The van der Waals surface area contributed by atoms with Crippen LogP contribution in [0.3, 0.4) is 0 Å².